The molecule has 2 nitrogen and oxygen atoms in total. The quantitative estimate of drug-likeness (QED) is 0.730. The molecule has 2 aliphatic rings. The first-order valence-electron chi connectivity index (χ1n) is 5.99. The molecule has 2 rings (SSSR count). The van der Waals surface area contributed by atoms with Gasteiger partial charge in [-0.15, -0.1) is 0 Å². The molecule has 0 saturated carbocycles. The van der Waals surface area contributed by atoms with Crippen molar-refractivity contribution >= 4 is 11.8 Å². The van der Waals surface area contributed by atoms with Crippen LogP contribution < -0.4 is 10.6 Å². The van der Waals surface area contributed by atoms with Gasteiger partial charge in [0.1, 0.15) is 0 Å². The van der Waals surface area contributed by atoms with Gasteiger partial charge in [-0.1, -0.05) is 0 Å². The van der Waals surface area contributed by atoms with E-state index in [4.69, 9.17) is 0 Å². The second kappa shape index (κ2) is 5.99. The standard InChI is InChI=1S/C11H22N2S/c1-3-10(5-7-12-6-1)13-11-4-2-8-14-9-11/h10-13H,1-9H2. The summed E-state index contributed by atoms with van der Waals surface area (Å²) < 4.78 is 0. The molecule has 14 heavy (non-hydrogen) atoms. The Labute approximate surface area is 91.6 Å². The van der Waals surface area contributed by atoms with E-state index in [0.29, 0.717) is 0 Å². The molecule has 0 aliphatic carbocycles. The molecule has 2 unspecified atom stereocenters. The number of hydrogen-bond acceptors (Lipinski definition) is 3. The summed E-state index contributed by atoms with van der Waals surface area (Å²) in [5.41, 5.74) is 0. The molecule has 2 heterocycles. The van der Waals surface area contributed by atoms with Crippen molar-refractivity contribution in [2.45, 2.75) is 44.2 Å². The Hall–Kier alpha value is 0.270. The second-order valence-corrected chi connectivity index (χ2v) is 5.61. The first kappa shape index (κ1) is 10.8. The molecule has 0 aromatic heterocycles. The van der Waals surface area contributed by atoms with Gasteiger partial charge in [-0.3, -0.25) is 0 Å². The summed E-state index contributed by atoms with van der Waals surface area (Å²) in [6, 6.07) is 1.59. The summed E-state index contributed by atoms with van der Waals surface area (Å²) in [6.07, 6.45) is 6.84. The minimum absolute atomic E-state index is 0.786. The van der Waals surface area contributed by atoms with Crippen LogP contribution in [0.1, 0.15) is 32.1 Å². The van der Waals surface area contributed by atoms with E-state index in [1.54, 1.807) is 0 Å². The lowest BCUT2D eigenvalue weighted by molar-refractivity contribution is 0.398. The first-order valence-corrected chi connectivity index (χ1v) is 7.15. The maximum atomic E-state index is 3.84. The lowest BCUT2D eigenvalue weighted by atomic mass is 10.1. The van der Waals surface area contributed by atoms with Crippen LogP contribution in [0.25, 0.3) is 0 Å². The van der Waals surface area contributed by atoms with Gasteiger partial charge in [0.05, 0.1) is 0 Å². The van der Waals surface area contributed by atoms with Gasteiger partial charge >= 0.3 is 0 Å². The van der Waals surface area contributed by atoms with Gasteiger partial charge in [-0.25, -0.2) is 0 Å². The molecule has 82 valence electrons. The molecule has 0 bridgehead atoms. The van der Waals surface area contributed by atoms with Crippen molar-refractivity contribution in [2.24, 2.45) is 0 Å². The Morgan fingerprint density at radius 2 is 1.93 bits per heavy atom. The molecule has 3 heteroatoms. The Morgan fingerprint density at radius 1 is 1.00 bits per heavy atom. The van der Waals surface area contributed by atoms with Crippen LogP contribution in [0.2, 0.25) is 0 Å². The van der Waals surface area contributed by atoms with E-state index in [1.807, 2.05) is 0 Å². The summed E-state index contributed by atoms with van der Waals surface area (Å²) in [5, 5.41) is 7.31. The average molecular weight is 214 g/mol. The number of thioether (sulfide) groups is 1. The third-order valence-electron chi connectivity index (χ3n) is 3.21. The molecule has 0 aromatic carbocycles. The highest BCUT2D eigenvalue weighted by molar-refractivity contribution is 7.99. The van der Waals surface area contributed by atoms with Crippen LogP contribution in [0.4, 0.5) is 0 Å². The number of nitrogens with one attached hydrogen (secondary N) is 2. The van der Waals surface area contributed by atoms with Crippen molar-refractivity contribution < 1.29 is 0 Å². The average Bonchev–Trinajstić information content (AvgIpc) is 2.48. The summed E-state index contributed by atoms with van der Waals surface area (Å²) in [7, 11) is 0. The van der Waals surface area contributed by atoms with Gasteiger partial charge < -0.3 is 10.6 Å². The molecule has 2 N–H and O–H groups in total. The van der Waals surface area contributed by atoms with E-state index in [9.17, 15) is 0 Å². The van der Waals surface area contributed by atoms with Crippen molar-refractivity contribution in [1.29, 1.82) is 0 Å². The second-order valence-electron chi connectivity index (χ2n) is 4.46. The molecule has 0 radical (unpaired) electrons. The van der Waals surface area contributed by atoms with E-state index in [1.165, 1.54) is 56.7 Å². The van der Waals surface area contributed by atoms with Crippen molar-refractivity contribution in [2.75, 3.05) is 24.6 Å². The molecule has 0 spiro atoms. The molecule has 2 fully saturated rings. The van der Waals surface area contributed by atoms with Crippen molar-refractivity contribution in [1.82, 2.24) is 10.6 Å². The third-order valence-corrected chi connectivity index (χ3v) is 4.42. The van der Waals surface area contributed by atoms with E-state index in [2.05, 4.69) is 22.4 Å². The highest BCUT2D eigenvalue weighted by Gasteiger charge is 2.18. The molecule has 0 amide bonds. The number of rotatable bonds is 2. The van der Waals surface area contributed by atoms with E-state index >= 15 is 0 Å². The molecule has 2 atom stereocenters. The van der Waals surface area contributed by atoms with Gasteiger partial charge in [-0.05, 0) is 50.9 Å². The van der Waals surface area contributed by atoms with Crippen LogP contribution in [0.3, 0.4) is 0 Å². The van der Waals surface area contributed by atoms with Gasteiger partial charge in [0, 0.05) is 17.8 Å². The summed E-state index contributed by atoms with van der Waals surface area (Å²) in [6.45, 7) is 2.43. The maximum Gasteiger partial charge on any atom is 0.0161 e. The van der Waals surface area contributed by atoms with Crippen LogP contribution in [-0.4, -0.2) is 36.7 Å². The lowest BCUT2D eigenvalue weighted by Crippen LogP contribution is -2.41. The highest BCUT2D eigenvalue weighted by Crippen LogP contribution is 2.18. The van der Waals surface area contributed by atoms with Gasteiger partial charge in [-0.2, -0.15) is 11.8 Å². The largest absolute Gasteiger partial charge is 0.317 e. The van der Waals surface area contributed by atoms with E-state index in [0.717, 1.165) is 12.1 Å². The predicted octanol–water partition coefficient (Wildman–Crippen LogP) is 1.61. The Balaban J connectivity index is 1.71. The fourth-order valence-electron chi connectivity index (χ4n) is 2.39. The molecule has 0 aromatic rings. The topological polar surface area (TPSA) is 24.1 Å². The van der Waals surface area contributed by atoms with Crippen molar-refractivity contribution in [3.63, 3.8) is 0 Å². The Kier molecular flexibility index (Phi) is 4.61. The minimum atomic E-state index is 0.786. The Bertz CT molecular complexity index is 149. The smallest absolute Gasteiger partial charge is 0.0161 e. The molecular formula is C11H22N2S. The summed E-state index contributed by atoms with van der Waals surface area (Å²) in [4.78, 5) is 0. The normalized spacial score (nSPS) is 35.1. The lowest BCUT2D eigenvalue weighted by Gasteiger charge is -2.27. The zero-order valence-electron chi connectivity index (χ0n) is 8.93. The zero-order chi connectivity index (χ0) is 9.64. The van der Waals surface area contributed by atoms with E-state index < -0.39 is 0 Å². The fourth-order valence-corrected chi connectivity index (χ4v) is 3.48. The van der Waals surface area contributed by atoms with Gasteiger partial charge in [0.25, 0.3) is 0 Å². The van der Waals surface area contributed by atoms with Crippen LogP contribution in [-0.2, 0) is 0 Å². The van der Waals surface area contributed by atoms with Crippen LogP contribution in [0, 0.1) is 0 Å². The minimum Gasteiger partial charge on any atom is -0.317 e. The van der Waals surface area contributed by atoms with Gasteiger partial charge in [0.15, 0.2) is 0 Å². The maximum absolute atomic E-state index is 3.84. The summed E-state index contributed by atoms with van der Waals surface area (Å²) >= 11 is 2.12. The fraction of sp³-hybridized carbons (Fsp3) is 1.00. The van der Waals surface area contributed by atoms with Gasteiger partial charge in [0.2, 0.25) is 0 Å². The van der Waals surface area contributed by atoms with Crippen molar-refractivity contribution in [3.8, 4) is 0 Å². The van der Waals surface area contributed by atoms with E-state index in [-0.39, 0.29) is 0 Å². The molecule has 2 saturated heterocycles. The molecular weight excluding hydrogens is 192 g/mol. The number of hydrogen-bond donors (Lipinski definition) is 2. The SMILES string of the molecule is C1CNCCC(NC2CCCSC2)C1. The van der Waals surface area contributed by atoms with Crippen LogP contribution >= 0.6 is 11.8 Å². The Morgan fingerprint density at radius 3 is 2.79 bits per heavy atom. The van der Waals surface area contributed by atoms with Crippen molar-refractivity contribution in [3.05, 3.63) is 0 Å². The van der Waals surface area contributed by atoms with Crippen LogP contribution in [0.15, 0.2) is 0 Å². The predicted molar refractivity (Wildman–Crippen MR) is 64.0 cm³/mol. The van der Waals surface area contributed by atoms with Crippen LogP contribution in [0.5, 0.6) is 0 Å². The highest BCUT2D eigenvalue weighted by atomic mass is 32.2. The molecule has 2 aliphatic heterocycles. The zero-order valence-corrected chi connectivity index (χ0v) is 9.74. The summed E-state index contributed by atoms with van der Waals surface area (Å²) in [5.74, 6) is 2.72. The monoisotopic (exact) mass is 214 g/mol. The third kappa shape index (κ3) is 3.44. The first-order chi connectivity index (χ1) is 6.95.